The lowest BCUT2D eigenvalue weighted by Gasteiger charge is -2.29. The first-order valence-corrected chi connectivity index (χ1v) is 6.16. The lowest BCUT2D eigenvalue weighted by molar-refractivity contribution is -0.0135. The summed E-state index contributed by atoms with van der Waals surface area (Å²) in [5, 5.41) is 1.12. The van der Waals surface area contributed by atoms with Gasteiger partial charge in [0.15, 0.2) is 5.17 Å². The standard InChI is InChI=1S/C10H18N2OS/c1-4-7-5-6-8-9(13-7)14-10(11-8)12(2)3/h7-9H,4-6H2,1-3H3/t7?,8-,9-/m1/s1. The molecule has 0 aromatic rings. The number of fused-ring (bicyclic) bond motifs is 1. The molecule has 2 aliphatic rings. The van der Waals surface area contributed by atoms with Crippen molar-refractivity contribution < 1.29 is 4.74 Å². The number of aliphatic imine (C=N–C) groups is 1. The highest BCUT2D eigenvalue weighted by atomic mass is 32.2. The minimum Gasteiger partial charge on any atom is -0.362 e. The number of nitrogens with zero attached hydrogens (tertiary/aromatic N) is 2. The maximum atomic E-state index is 5.96. The number of amidine groups is 1. The Labute approximate surface area is 89.9 Å². The smallest absolute Gasteiger partial charge is 0.161 e. The summed E-state index contributed by atoms with van der Waals surface area (Å²) < 4.78 is 5.96. The van der Waals surface area contributed by atoms with Crippen molar-refractivity contribution in [2.45, 2.75) is 43.8 Å². The molecule has 4 heteroatoms. The zero-order valence-electron chi connectivity index (χ0n) is 9.06. The molecular weight excluding hydrogens is 196 g/mol. The molecular formula is C10H18N2OS. The van der Waals surface area contributed by atoms with Gasteiger partial charge in [0.05, 0.1) is 12.1 Å². The van der Waals surface area contributed by atoms with Gasteiger partial charge in [-0.2, -0.15) is 0 Å². The largest absolute Gasteiger partial charge is 0.362 e. The van der Waals surface area contributed by atoms with Crippen molar-refractivity contribution in [3.05, 3.63) is 0 Å². The minimum absolute atomic E-state index is 0.283. The van der Waals surface area contributed by atoms with Crippen molar-refractivity contribution in [1.29, 1.82) is 0 Å². The maximum Gasteiger partial charge on any atom is 0.161 e. The maximum absolute atomic E-state index is 5.96. The molecule has 2 heterocycles. The monoisotopic (exact) mass is 214 g/mol. The molecule has 3 atom stereocenters. The highest BCUT2D eigenvalue weighted by Gasteiger charge is 2.37. The van der Waals surface area contributed by atoms with Gasteiger partial charge < -0.3 is 9.64 Å². The summed E-state index contributed by atoms with van der Waals surface area (Å²) in [5.41, 5.74) is 0.283. The molecule has 0 amide bonds. The third-order valence-electron chi connectivity index (χ3n) is 2.76. The Morgan fingerprint density at radius 3 is 2.93 bits per heavy atom. The topological polar surface area (TPSA) is 24.8 Å². The van der Waals surface area contributed by atoms with Crippen LogP contribution in [0.3, 0.4) is 0 Å². The van der Waals surface area contributed by atoms with Gasteiger partial charge in [-0.15, -0.1) is 0 Å². The Kier molecular flexibility index (Phi) is 3.02. The Morgan fingerprint density at radius 1 is 1.50 bits per heavy atom. The van der Waals surface area contributed by atoms with Gasteiger partial charge >= 0.3 is 0 Å². The van der Waals surface area contributed by atoms with Crippen molar-refractivity contribution in [3.63, 3.8) is 0 Å². The SMILES string of the molecule is CCC1CC[C@H]2N=C(N(C)C)S[C@H]2O1. The average Bonchev–Trinajstić information content (AvgIpc) is 2.59. The summed E-state index contributed by atoms with van der Waals surface area (Å²) in [6.45, 7) is 2.19. The second-order valence-corrected chi connectivity index (χ2v) is 5.17. The summed E-state index contributed by atoms with van der Waals surface area (Å²) in [5.74, 6) is 0. The highest BCUT2D eigenvalue weighted by Crippen LogP contribution is 2.36. The summed E-state index contributed by atoms with van der Waals surface area (Å²) in [7, 11) is 4.08. The fourth-order valence-electron chi connectivity index (χ4n) is 1.87. The summed E-state index contributed by atoms with van der Waals surface area (Å²) >= 11 is 1.78. The molecule has 0 aromatic carbocycles. The number of ether oxygens (including phenoxy) is 1. The van der Waals surface area contributed by atoms with Gasteiger partial charge in [0.1, 0.15) is 5.44 Å². The zero-order chi connectivity index (χ0) is 10.1. The van der Waals surface area contributed by atoms with E-state index in [-0.39, 0.29) is 5.44 Å². The van der Waals surface area contributed by atoms with E-state index in [9.17, 15) is 0 Å². The van der Waals surface area contributed by atoms with E-state index in [1.807, 2.05) is 14.1 Å². The molecule has 0 N–H and O–H groups in total. The molecule has 0 aliphatic carbocycles. The number of hydrogen-bond donors (Lipinski definition) is 0. The van der Waals surface area contributed by atoms with E-state index in [0.29, 0.717) is 12.1 Å². The molecule has 80 valence electrons. The Bertz CT molecular complexity index is 242. The quantitative estimate of drug-likeness (QED) is 0.667. The number of hydrogen-bond acceptors (Lipinski definition) is 4. The Hall–Kier alpha value is -0.220. The minimum atomic E-state index is 0.283. The van der Waals surface area contributed by atoms with Crippen LogP contribution in [0, 0.1) is 0 Å². The highest BCUT2D eigenvalue weighted by molar-refractivity contribution is 8.14. The van der Waals surface area contributed by atoms with Crippen LogP contribution in [0.25, 0.3) is 0 Å². The molecule has 0 aromatic heterocycles. The van der Waals surface area contributed by atoms with Crippen LogP contribution in [-0.4, -0.2) is 41.7 Å². The van der Waals surface area contributed by atoms with E-state index in [1.54, 1.807) is 11.8 Å². The summed E-state index contributed by atoms with van der Waals surface area (Å²) in [6, 6.07) is 0.403. The molecule has 2 rings (SSSR count). The first-order chi connectivity index (χ1) is 6.70. The molecule has 3 nitrogen and oxygen atoms in total. The van der Waals surface area contributed by atoms with Gasteiger partial charge in [0.2, 0.25) is 0 Å². The van der Waals surface area contributed by atoms with E-state index in [0.717, 1.165) is 11.6 Å². The fourth-order valence-corrected chi connectivity index (χ4v) is 3.05. The van der Waals surface area contributed by atoms with E-state index in [4.69, 9.17) is 4.74 Å². The van der Waals surface area contributed by atoms with Crippen LogP contribution >= 0.6 is 11.8 Å². The predicted octanol–water partition coefficient (Wildman–Crippen LogP) is 1.93. The van der Waals surface area contributed by atoms with E-state index < -0.39 is 0 Å². The van der Waals surface area contributed by atoms with Crippen molar-refractivity contribution in [3.8, 4) is 0 Å². The zero-order valence-corrected chi connectivity index (χ0v) is 9.88. The van der Waals surface area contributed by atoms with Crippen LogP contribution in [0.1, 0.15) is 26.2 Å². The summed E-state index contributed by atoms with van der Waals surface area (Å²) in [4.78, 5) is 6.74. The molecule has 1 unspecified atom stereocenters. The first-order valence-electron chi connectivity index (χ1n) is 5.28. The molecule has 0 bridgehead atoms. The van der Waals surface area contributed by atoms with E-state index >= 15 is 0 Å². The second kappa shape index (κ2) is 4.11. The second-order valence-electron chi connectivity index (χ2n) is 4.10. The van der Waals surface area contributed by atoms with Gasteiger partial charge in [0, 0.05) is 14.1 Å². The lowest BCUT2D eigenvalue weighted by Crippen LogP contribution is -2.33. The van der Waals surface area contributed by atoms with Gasteiger partial charge in [-0.05, 0) is 19.3 Å². The van der Waals surface area contributed by atoms with Gasteiger partial charge in [0.25, 0.3) is 0 Å². The molecule has 0 radical (unpaired) electrons. The van der Waals surface area contributed by atoms with Gasteiger partial charge in [-0.3, -0.25) is 4.99 Å². The van der Waals surface area contributed by atoms with Crippen LogP contribution in [0.2, 0.25) is 0 Å². The van der Waals surface area contributed by atoms with Gasteiger partial charge in [-0.25, -0.2) is 0 Å². The van der Waals surface area contributed by atoms with Crippen molar-refractivity contribution in [2.75, 3.05) is 14.1 Å². The molecule has 2 aliphatic heterocycles. The van der Waals surface area contributed by atoms with Gasteiger partial charge in [-0.1, -0.05) is 18.7 Å². The Balaban J connectivity index is 1.98. The molecule has 1 saturated heterocycles. The predicted molar refractivity (Wildman–Crippen MR) is 60.7 cm³/mol. The van der Waals surface area contributed by atoms with Crippen LogP contribution < -0.4 is 0 Å². The Morgan fingerprint density at radius 2 is 2.29 bits per heavy atom. The molecule has 0 saturated carbocycles. The van der Waals surface area contributed by atoms with Crippen molar-refractivity contribution in [1.82, 2.24) is 4.90 Å². The third-order valence-corrected chi connectivity index (χ3v) is 4.10. The lowest BCUT2D eigenvalue weighted by atomic mass is 10.0. The molecule has 1 fully saturated rings. The van der Waals surface area contributed by atoms with E-state index in [1.165, 1.54) is 12.8 Å². The molecule has 0 spiro atoms. The van der Waals surface area contributed by atoms with E-state index in [2.05, 4.69) is 16.8 Å². The van der Waals surface area contributed by atoms with Crippen LogP contribution in [-0.2, 0) is 4.74 Å². The van der Waals surface area contributed by atoms with Crippen molar-refractivity contribution >= 4 is 16.9 Å². The normalized spacial score (nSPS) is 36.5. The number of thioether (sulfide) groups is 1. The van der Waals surface area contributed by atoms with Crippen LogP contribution in [0.5, 0.6) is 0 Å². The van der Waals surface area contributed by atoms with Crippen LogP contribution in [0.4, 0.5) is 0 Å². The first kappa shape index (κ1) is 10.3. The fraction of sp³-hybridized carbons (Fsp3) is 0.900. The molecule has 14 heavy (non-hydrogen) atoms. The average molecular weight is 214 g/mol. The van der Waals surface area contributed by atoms with Crippen molar-refractivity contribution in [2.24, 2.45) is 4.99 Å². The number of rotatable bonds is 1. The third kappa shape index (κ3) is 1.91. The van der Waals surface area contributed by atoms with Crippen LogP contribution in [0.15, 0.2) is 4.99 Å². The summed E-state index contributed by atoms with van der Waals surface area (Å²) in [6.07, 6.45) is 3.94.